The van der Waals surface area contributed by atoms with Crippen LogP contribution in [-0.2, 0) is 4.79 Å². The molecule has 1 atom stereocenters. The van der Waals surface area contributed by atoms with Crippen molar-refractivity contribution in [2.24, 2.45) is 5.92 Å². The summed E-state index contributed by atoms with van der Waals surface area (Å²) in [6.07, 6.45) is 0.941. The number of amides is 1. The van der Waals surface area contributed by atoms with E-state index in [0.29, 0.717) is 0 Å². The zero-order valence-corrected chi connectivity index (χ0v) is 11.1. The summed E-state index contributed by atoms with van der Waals surface area (Å²) in [5.74, 6) is 0.263. The first-order chi connectivity index (χ1) is 7.66. The summed E-state index contributed by atoms with van der Waals surface area (Å²) >= 11 is 0. The molecule has 0 aromatic heterocycles. The lowest BCUT2D eigenvalue weighted by Crippen LogP contribution is -2.24. The molecule has 0 bridgehead atoms. The molecule has 1 aliphatic heterocycles. The van der Waals surface area contributed by atoms with E-state index in [0.717, 1.165) is 30.8 Å². The number of nitrogens with one attached hydrogen (secondary N) is 2. The molecule has 1 aromatic carbocycles. The SMILES string of the molecule is Cc1ccc(C)c(NC(=O)C2CCNC2)c1.Cl. The van der Waals surface area contributed by atoms with Crippen molar-refractivity contribution in [1.82, 2.24) is 5.32 Å². The minimum atomic E-state index is 0. The number of halogens is 1. The van der Waals surface area contributed by atoms with Gasteiger partial charge in [-0.1, -0.05) is 12.1 Å². The molecule has 17 heavy (non-hydrogen) atoms. The van der Waals surface area contributed by atoms with Crippen LogP contribution < -0.4 is 10.6 Å². The maximum atomic E-state index is 11.9. The van der Waals surface area contributed by atoms with Gasteiger partial charge in [0, 0.05) is 12.2 Å². The third-order valence-corrected chi connectivity index (χ3v) is 3.08. The van der Waals surface area contributed by atoms with Crippen LogP contribution in [-0.4, -0.2) is 19.0 Å². The number of carbonyl (C=O) groups excluding carboxylic acids is 1. The second-order valence-corrected chi connectivity index (χ2v) is 4.50. The van der Waals surface area contributed by atoms with Gasteiger partial charge < -0.3 is 10.6 Å². The van der Waals surface area contributed by atoms with Gasteiger partial charge in [-0.2, -0.15) is 0 Å². The summed E-state index contributed by atoms with van der Waals surface area (Å²) < 4.78 is 0. The number of aryl methyl sites for hydroxylation is 2. The molecule has 1 aliphatic rings. The van der Waals surface area contributed by atoms with Gasteiger partial charge in [0.25, 0.3) is 0 Å². The Kier molecular flexibility index (Phi) is 4.97. The van der Waals surface area contributed by atoms with E-state index in [-0.39, 0.29) is 24.2 Å². The van der Waals surface area contributed by atoms with Gasteiger partial charge in [0.2, 0.25) is 5.91 Å². The van der Waals surface area contributed by atoms with Gasteiger partial charge >= 0.3 is 0 Å². The second-order valence-electron chi connectivity index (χ2n) is 4.50. The fourth-order valence-corrected chi connectivity index (χ4v) is 1.98. The Hall–Kier alpha value is -1.06. The van der Waals surface area contributed by atoms with E-state index >= 15 is 0 Å². The van der Waals surface area contributed by atoms with Crippen LogP contribution in [0.2, 0.25) is 0 Å². The summed E-state index contributed by atoms with van der Waals surface area (Å²) in [6, 6.07) is 6.12. The van der Waals surface area contributed by atoms with Crippen LogP contribution in [0, 0.1) is 19.8 Å². The van der Waals surface area contributed by atoms with Crippen LogP contribution in [0.1, 0.15) is 17.5 Å². The van der Waals surface area contributed by atoms with Gasteiger partial charge in [-0.15, -0.1) is 12.4 Å². The number of rotatable bonds is 2. The third-order valence-electron chi connectivity index (χ3n) is 3.08. The van der Waals surface area contributed by atoms with Crippen LogP contribution in [0.15, 0.2) is 18.2 Å². The van der Waals surface area contributed by atoms with Gasteiger partial charge in [0.05, 0.1) is 5.92 Å². The largest absolute Gasteiger partial charge is 0.326 e. The minimum absolute atomic E-state index is 0. The van der Waals surface area contributed by atoms with E-state index in [1.165, 1.54) is 5.56 Å². The highest BCUT2D eigenvalue weighted by molar-refractivity contribution is 5.93. The lowest BCUT2D eigenvalue weighted by molar-refractivity contribution is -0.119. The number of hydrogen-bond donors (Lipinski definition) is 2. The summed E-state index contributed by atoms with van der Waals surface area (Å²) in [6.45, 7) is 5.80. The first kappa shape index (κ1) is 14.0. The van der Waals surface area contributed by atoms with Crippen LogP contribution in [0.5, 0.6) is 0 Å². The highest BCUT2D eigenvalue weighted by Crippen LogP contribution is 2.18. The standard InChI is InChI=1S/C13H18N2O.ClH/c1-9-3-4-10(2)12(7-9)15-13(16)11-5-6-14-8-11;/h3-4,7,11,14H,5-6,8H2,1-2H3,(H,15,16);1H. The number of benzene rings is 1. The zero-order chi connectivity index (χ0) is 11.5. The summed E-state index contributed by atoms with van der Waals surface area (Å²) in [7, 11) is 0. The van der Waals surface area contributed by atoms with Crippen molar-refractivity contribution in [2.45, 2.75) is 20.3 Å². The molecule has 0 spiro atoms. The Balaban J connectivity index is 0.00000144. The Bertz CT molecular complexity index is 400. The molecule has 1 saturated heterocycles. The van der Waals surface area contributed by atoms with E-state index in [2.05, 4.69) is 16.7 Å². The van der Waals surface area contributed by atoms with Crippen molar-refractivity contribution in [3.63, 3.8) is 0 Å². The van der Waals surface area contributed by atoms with E-state index in [1.54, 1.807) is 0 Å². The number of hydrogen-bond acceptors (Lipinski definition) is 2. The van der Waals surface area contributed by atoms with Crippen molar-refractivity contribution in [2.75, 3.05) is 18.4 Å². The predicted molar refractivity (Wildman–Crippen MR) is 72.8 cm³/mol. The molecule has 1 unspecified atom stereocenters. The molecule has 94 valence electrons. The molecular weight excluding hydrogens is 236 g/mol. The molecule has 0 aliphatic carbocycles. The third kappa shape index (κ3) is 3.45. The predicted octanol–water partition coefficient (Wildman–Crippen LogP) is 2.27. The number of anilines is 1. The van der Waals surface area contributed by atoms with E-state index in [1.807, 2.05) is 26.0 Å². The lowest BCUT2D eigenvalue weighted by Gasteiger charge is -2.12. The maximum Gasteiger partial charge on any atom is 0.228 e. The highest BCUT2D eigenvalue weighted by Gasteiger charge is 2.22. The Morgan fingerprint density at radius 1 is 1.41 bits per heavy atom. The average Bonchev–Trinajstić information content (AvgIpc) is 2.76. The first-order valence-corrected chi connectivity index (χ1v) is 5.75. The molecule has 2 rings (SSSR count). The fraction of sp³-hybridized carbons (Fsp3) is 0.462. The molecule has 1 fully saturated rings. The summed E-state index contributed by atoms with van der Waals surface area (Å²) in [5.41, 5.74) is 3.23. The quantitative estimate of drug-likeness (QED) is 0.850. The second kappa shape index (κ2) is 6.03. The molecule has 1 aromatic rings. The molecular formula is C13H19ClN2O. The van der Waals surface area contributed by atoms with Gasteiger partial charge in [-0.25, -0.2) is 0 Å². The highest BCUT2D eigenvalue weighted by atomic mass is 35.5. The molecule has 4 heteroatoms. The zero-order valence-electron chi connectivity index (χ0n) is 10.2. The molecule has 0 radical (unpaired) electrons. The van der Waals surface area contributed by atoms with Gasteiger partial charge in [0.15, 0.2) is 0 Å². The Morgan fingerprint density at radius 3 is 2.82 bits per heavy atom. The molecule has 1 heterocycles. The molecule has 1 amide bonds. The van der Waals surface area contributed by atoms with Crippen molar-refractivity contribution in [3.8, 4) is 0 Å². The maximum absolute atomic E-state index is 11.9. The van der Waals surface area contributed by atoms with Crippen LogP contribution in [0.3, 0.4) is 0 Å². The topological polar surface area (TPSA) is 41.1 Å². The normalized spacial score (nSPS) is 18.6. The monoisotopic (exact) mass is 254 g/mol. The number of carbonyl (C=O) groups is 1. The van der Waals surface area contributed by atoms with Crippen molar-refractivity contribution in [1.29, 1.82) is 0 Å². The van der Waals surface area contributed by atoms with Gasteiger partial charge in [-0.05, 0) is 44.0 Å². The molecule has 2 N–H and O–H groups in total. The van der Waals surface area contributed by atoms with E-state index in [4.69, 9.17) is 0 Å². The summed E-state index contributed by atoms with van der Waals surface area (Å²) in [5, 5.41) is 6.22. The average molecular weight is 255 g/mol. The van der Waals surface area contributed by atoms with Crippen molar-refractivity contribution in [3.05, 3.63) is 29.3 Å². The Labute approximate surface area is 108 Å². The first-order valence-electron chi connectivity index (χ1n) is 5.75. The van der Waals surface area contributed by atoms with E-state index in [9.17, 15) is 4.79 Å². The Morgan fingerprint density at radius 2 is 2.18 bits per heavy atom. The lowest BCUT2D eigenvalue weighted by atomic mass is 10.1. The molecule has 3 nitrogen and oxygen atoms in total. The van der Waals surface area contributed by atoms with Gasteiger partial charge in [-0.3, -0.25) is 4.79 Å². The minimum Gasteiger partial charge on any atom is -0.326 e. The van der Waals surface area contributed by atoms with Crippen LogP contribution in [0.4, 0.5) is 5.69 Å². The van der Waals surface area contributed by atoms with Crippen LogP contribution in [0.25, 0.3) is 0 Å². The molecule has 0 saturated carbocycles. The smallest absolute Gasteiger partial charge is 0.228 e. The van der Waals surface area contributed by atoms with Crippen LogP contribution >= 0.6 is 12.4 Å². The fourth-order valence-electron chi connectivity index (χ4n) is 1.98. The summed E-state index contributed by atoms with van der Waals surface area (Å²) in [4.78, 5) is 11.9. The van der Waals surface area contributed by atoms with Crippen molar-refractivity contribution >= 4 is 24.0 Å². The van der Waals surface area contributed by atoms with Gasteiger partial charge in [0.1, 0.15) is 0 Å². The van der Waals surface area contributed by atoms with Crippen molar-refractivity contribution < 1.29 is 4.79 Å². The van der Waals surface area contributed by atoms with E-state index < -0.39 is 0 Å².